The van der Waals surface area contributed by atoms with Crippen LogP contribution >= 0.6 is 11.3 Å². The SMILES string of the molecule is CCCOc1ccc(C2C(C(=O)OCCOC)=C(C)N=c3s/c(=C\c4ccccc4)c(=O)n32)cc1. The first-order valence-corrected chi connectivity index (χ1v) is 12.3. The standard InChI is InChI=1S/C27H28N2O5S/c1-4-14-33-21-12-10-20(11-13-21)24-23(26(31)34-16-15-32-3)18(2)28-27-29(24)25(30)22(35-27)17-19-8-6-5-7-9-19/h5-13,17,24H,4,14-16H2,1-3H3/b22-17-. The molecule has 0 N–H and O–H groups in total. The van der Waals surface area contributed by atoms with Gasteiger partial charge < -0.3 is 14.2 Å². The molecule has 2 heterocycles. The maximum absolute atomic E-state index is 13.6. The van der Waals surface area contributed by atoms with Crippen molar-refractivity contribution in [2.45, 2.75) is 26.3 Å². The number of esters is 1. The van der Waals surface area contributed by atoms with E-state index >= 15 is 0 Å². The third-order valence-electron chi connectivity index (χ3n) is 5.53. The lowest BCUT2D eigenvalue weighted by Gasteiger charge is -2.25. The molecule has 1 atom stereocenters. The molecule has 1 aromatic heterocycles. The van der Waals surface area contributed by atoms with Crippen molar-refractivity contribution in [1.29, 1.82) is 0 Å². The van der Waals surface area contributed by atoms with Crippen molar-refractivity contribution in [2.75, 3.05) is 26.9 Å². The number of ether oxygens (including phenoxy) is 3. The topological polar surface area (TPSA) is 79.1 Å². The molecule has 8 heteroatoms. The van der Waals surface area contributed by atoms with Gasteiger partial charge in [-0.2, -0.15) is 0 Å². The Kier molecular flexibility index (Phi) is 7.94. The van der Waals surface area contributed by atoms with Crippen molar-refractivity contribution in [3.63, 3.8) is 0 Å². The average molecular weight is 493 g/mol. The highest BCUT2D eigenvalue weighted by molar-refractivity contribution is 7.07. The predicted octanol–water partition coefficient (Wildman–Crippen LogP) is 3.21. The van der Waals surface area contributed by atoms with Gasteiger partial charge in [0.15, 0.2) is 4.80 Å². The highest BCUT2D eigenvalue weighted by Crippen LogP contribution is 2.31. The number of hydrogen-bond donors (Lipinski definition) is 0. The summed E-state index contributed by atoms with van der Waals surface area (Å²) in [5.74, 6) is 0.217. The van der Waals surface area contributed by atoms with Crippen molar-refractivity contribution in [3.8, 4) is 5.75 Å². The Morgan fingerprint density at radius 3 is 2.51 bits per heavy atom. The van der Waals surface area contributed by atoms with Crippen molar-refractivity contribution >= 4 is 23.4 Å². The van der Waals surface area contributed by atoms with E-state index in [4.69, 9.17) is 14.2 Å². The molecule has 182 valence electrons. The summed E-state index contributed by atoms with van der Waals surface area (Å²) in [6, 6.07) is 16.5. The second kappa shape index (κ2) is 11.3. The summed E-state index contributed by atoms with van der Waals surface area (Å²) in [5.41, 5.74) is 2.35. The largest absolute Gasteiger partial charge is 0.494 e. The molecule has 3 aromatic rings. The van der Waals surface area contributed by atoms with Gasteiger partial charge in [0.2, 0.25) is 0 Å². The lowest BCUT2D eigenvalue weighted by Crippen LogP contribution is -2.40. The highest BCUT2D eigenvalue weighted by Gasteiger charge is 2.33. The number of benzene rings is 2. The molecule has 4 rings (SSSR count). The molecule has 1 unspecified atom stereocenters. The second-order valence-corrected chi connectivity index (χ2v) is 9.05. The molecule has 0 radical (unpaired) electrons. The maximum atomic E-state index is 13.6. The van der Waals surface area contributed by atoms with E-state index in [9.17, 15) is 9.59 Å². The van der Waals surface area contributed by atoms with Gasteiger partial charge in [0.05, 0.1) is 35.1 Å². The Morgan fingerprint density at radius 2 is 1.83 bits per heavy atom. The summed E-state index contributed by atoms with van der Waals surface area (Å²) >= 11 is 1.31. The Labute approximate surface area is 207 Å². The van der Waals surface area contributed by atoms with E-state index in [2.05, 4.69) is 4.99 Å². The maximum Gasteiger partial charge on any atom is 0.338 e. The summed E-state index contributed by atoms with van der Waals surface area (Å²) in [5, 5.41) is 0. The van der Waals surface area contributed by atoms with Crippen LogP contribution in [0.4, 0.5) is 0 Å². The van der Waals surface area contributed by atoms with Crippen molar-refractivity contribution in [2.24, 2.45) is 4.99 Å². The minimum Gasteiger partial charge on any atom is -0.494 e. The first kappa shape index (κ1) is 24.6. The fraction of sp³-hybridized carbons (Fsp3) is 0.296. The Bertz CT molecular complexity index is 1390. The fourth-order valence-electron chi connectivity index (χ4n) is 3.86. The van der Waals surface area contributed by atoms with Crippen LogP contribution in [0.2, 0.25) is 0 Å². The third-order valence-corrected chi connectivity index (χ3v) is 6.51. The molecule has 0 spiro atoms. The lowest BCUT2D eigenvalue weighted by molar-refractivity contribution is -0.140. The molecule has 35 heavy (non-hydrogen) atoms. The molecule has 2 aromatic carbocycles. The minimum atomic E-state index is -0.667. The number of nitrogens with zero attached hydrogens (tertiary/aromatic N) is 2. The molecule has 0 aliphatic carbocycles. The van der Waals surface area contributed by atoms with E-state index in [1.807, 2.05) is 67.6 Å². The van der Waals surface area contributed by atoms with Gasteiger partial charge in [0, 0.05) is 7.11 Å². The Morgan fingerprint density at radius 1 is 1.09 bits per heavy atom. The van der Waals surface area contributed by atoms with Crippen molar-refractivity contribution < 1.29 is 19.0 Å². The summed E-state index contributed by atoms with van der Waals surface area (Å²) in [7, 11) is 1.54. The monoisotopic (exact) mass is 492 g/mol. The zero-order chi connectivity index (χ0) is 24.8. The second-order valence-electron chi connectivity index (χ2n) is 8.04. The molecule has 1 aliphatic rings. The summed E-state index contributed by atoms with van der Waals surface area (Å²) in [6.07, 6.45) is 2.75. The molecule has 0 saturated carbocycles. The van der Waals surface area contributed by atoms with Crippen LogP contribution < -0.4 is 19.6 Å². The molecule has 0 saturated heterocycles. The van der Waals surface area contributed by atoms with E-state index in [0.29, 0.717) is 27.2 Å². The van der Waals surface area contributed by atoms with Crippen LogP contribution in [-0.4, -0.2) is 37.5 Å². The molecular weight excluding hydrogens is 464 g/mol. The van der Waals surface area contributed by atoms with Gasteiger partial charge in [-0.1, -0.05) is 60.7 Å². The van der Waals surface area contributed by atoms with E-state index in [1.165, 1.54) is 11.3 Å². The van der Waals surface area contributed by atoms with Crippen LogP contribution in [0, 0.1) is 0 Å². The van der Waals surface area contributed by atoms with E-state index in [0.717, 1.165) is 23.3 Å². The van der Waals surface area contributed by atoms with Crippen molar-refractivity contribution in [3.05, 3.63) is 96.7 Å². The van der Waals surface area contributed by atoms with E-state index < -0.39 is 12.0 Å². The van der Waals surface area contributed by atoms with Crippen molar-refractivity contribution in [1.82, 2.24) is 4.57 Å². The van der Waals surface area contributed by atoms with Crippen LogP contribution in [-0.2, 0) is 14.3 Å². The van der Waals surface area contributed by atoms with Gasteiger partial charge >= 0.3 is 5.97 Å². The molecule has 0 fully saturated rings. The van der Waals surface area contributed by atoms with Gasteiger partial charge in [-0.3, -0.25) is 9.36 Å². The molecule has 1 aliphatic heterocycles. The zero-order valence-corrected chi connectivity index (χ0v) is 20.8. The molecule has 0 bridgehead atoms. The Balaban J connectivity index is 1.83. The van der Waals surface area contributed by atoms with Gasteiger partial charge in [0.25, 0.3) is 5.56 Å². The number of aromatic nitrogens is 1. The average Bonchev–Trinajstić information content (AvgIpc) is 3.17. The van der Waals surface area contributed by atoms with E-state index in [1.54, 1.807) is 18.6 Å². The van der Waals surface area contributed by atoms with Gasteiger partial charge in [-0.15, -0.1) is 0 Å². The number of thiazole rings is 1. The van der Waals surface area contributed by atoms with Crippen LogP contribution in [0.5, 0.6) is 5.75 Å². The van der Waals surface area contributed by atoms with Crippen LogP contribution in [0.15, 0.2) is 75.7 Å². The quantitative estimate of drug-likeness (QED) is 0.339. The van der Waals surface area contributed by atoms with Gasteiger partial charge in [-0.25, -0.2) is 9.79 Å². The first-order valence-electron chi connectivity index (χ1n) is 11.5. The highest BCUT2D eigenvalue weighted by atomic mass is 32.1. The minimum absolute atomic E-state index is 0.112. The van der Waals surface area contributed by atoms with Crippen LogP contribution in [0.25, 0.3) is 6.08 Å². The number of hydrogen-bond acceptors (Lipinski definition) is 7. The first-order chi connectivity index (χ1) is 17.0. The molecular formula is C27H28N2O5S. The molecule has 7 nitrogen and oxygen atoms in total. The third kappa shape index (κ3) is 5.44. The normalized spacial score (nSPS) is 15.5. The van der Waals surface area contributed by atoms with E-state index in [-0.39, 0.29) is 18.8 Å². The fourth-order valence-corrected chi connectivity index (χ4v) is 4.91. The molecule has 0 amide bonds. The number of methoxy groups -OCH3 is 1. The summed E-state index contributed by atoms with van der Waals surface area (Å²) in [4.78, 5) is 31.9. The smallest absolute Gasteiger partial charge is 0.338 e. The number of allylic oxidation sites excluding steroid dienone is 1. The Hall–Kier alpha value is -3.49. The van der Waals surface area contributed by atoms with Crippen LogP contribution in [0.3, 0.4) is 0 Å². The number of carbonyl (C=O) groups is 1. The van der Waals surface area contributed by atoms with Gasteiger partial charge in [0.1, 0.15) is 12.4 Å². The summed E-state index contributed by atoms with van der Waals surface area (Å²) in [6.45, 7) is 4.82. The zero-order valence-electron chi connectivity index (χ0n) is 20.0. The van der Waals surface area contributed by atoms with Gasteiger partial charge in [-0.05, 0) is 42.7 Å². The number of fused-ring (bicyclic) bond motifs is 1. The lowest BCUT2D eigenvalue weighted by atomic mass is 9.96. The summed E-state index contributed by atoms with van der Waals surface area (Å²) < 4.78 is 18.3. The predicted molar refractivity (Wildman–Crippen MR) is 135 cm³/mol. The number of carbonyl (C=O) groups excluding carboxylic acids is 1. The van der Waals surface area contributed by atoms with Crippen LogP contribution in [0.1, 0.15) is 37.4 Å². The number of rotatable bonds is 9.